The molecule has 0 aromatic heterocycles. The molecule has 0 saturated heterocycles. The normalized spacial score (nSPS) is 33.3. The van der Waals surface area contributed by atoms with Gasteiger partial charge in [0.2, 0.25) is 0 Å². The second-order valence-electron chi connectivity index (χ2n) is 3.17. The predicted molar refractivity (Wildman–Crippen MR) is 37.2 cm³/mol. The van der Waals surface area contributed by atoms with E-state index in [2.05, 4.69) is 13.8 Å². The molecule has 0 aromatic carbocycles. The number of hydrogen-bond acceptors (Lipinski definition) is 2. The van der Waals surface area contributed by atoms with Gasteiger partial charge in [0.15, 0.2) is 0 Å². The molecule has 1 fully saturated rings. The van der Waals surface area contributed by atoms with E-state index in [1.54, 1.807) is 0 Å². The van der Waals surface area contributed by atoms with E-state index in [0.717, 1.165) is 13.0 Å². The van der Waals surface area contributed by atoms with Gasteiger partial charge in [-0.05, 0) is 12.3 Å². The van der Waals surface area contributed by atoms with Crippen LogP contribution < -0.4 is 5.73 Å². The number of rotatable bonds is 3. The fourth-order valence-electron chi connectivity index (χ4n) is 0.697. The Balaban J connectivity index is 1.94. The van der Waals surface area contributed by atoms with Crippen LogP contribution >= 0.6 is 0 Å². The maximum absolute atomic E-state index is 5.53. The molecule has 1 saturated carbocycles. The van der Waals surface area contributed by atoms with E-state index in [0.29, 0.717) is 18.1 Å². The first kappa shape index (κ1) is 7.03. The fourth-order valence-corrected chi connectivity index (χ4v) is 0.697. The summed E-state index contributed by atoms with van der Waals surface area (Å²) in [4.78, 5) is 0. The van der Waals surface area contributed by atoms with Crippen LogP contribution in [0.1, 0.15) is 20.3 Å². The molecule has 2 N–H and O–H groups in total. The Kier molecular flexibility index (Phi) is 2.09. The zero-order valence-electron chi connectivity index (χ0n) is 6.13. The Labute approximate surface area is 56.4 Å². The third kappa shape index (κ3) is 2.33. The fraction of sp³-hybridized carbons (Fsp3) is 1.00. The monoisotopic (exact) mass is 129 g/mol. The van der Waals surface area contributed by atoms with Gasteiger partial charge in [-0.2, -0.15) is 0 Å². The Bertz CT molecular complexity index is 92.9. The minimum atomic E-state index is 0.337. The van der Waals surface area contributed by atoms with E-state index >= 15 is 0 Å². The lowest BCUT2D eigenvalue weighted by Crippen LogP contribution is -2.11. The van der Waals surface area contributed by atoms with Crippen LogP contribution in [-0.2, 0) is 4.74 Å². The van der Waals surface area contributed by atoms with Gasteiger partial charge >= 0.3 is 0 Å². The first-order valence-corrected chi connectivity index (χ1v) is 3.57. The van der Waals surface area contributed by atoms with E-state index in [-0.39, 0.29) is 0 Å². The molecule has 2 nitrogen and oxygen atoms in total. The smallest absolute Gasteiger partial charge is 0.0742 e. The molecule has 0 bridgehead atoms. The van der Waals surface area contributed by atoms with Crippen molar-refractivity contribution in [2.24, 2.45) is 11.7 Å². The molecule has 0 aliphatic heterocycles. The molecular formula is C7H15NO. The predicted octanol–water partition coefficient (Wildman–Crippen LogP) is 0.759. The number of nitrogens with two attached hydrogens (primary N) is 1. The van der Waals surface area contributed by atoms with E-state index < -0.39 is 0 Å². The Hall–Kier alpha value is -0.0800. The van der Waals surface area contributed by atoms with Crippen molar-refractivity contribution < 1.29 is 4.74 Å². The molecule has 54 valence electrons. The minimum absolute atomic E-state index is 0.337. The molecular weight excluding hydrogens is 114 g/mol. The first-order chi connectivity index (χ1) is 4.20. The lowest BCUT2D eigenvalue weighted by atomic mass is 10.2. The van der Waals surface area contributed by atoms with Crippen LogP contribution in [0.2, 0.25) is 0 Å². The number of hydrogen-bond donors (Lipinski definition) is 1. The first-order valence-electron chi connectivity index (χ1n) is 3.57. The van der Waals surface area contributed by atoms with Crippen LogP contribution in [0.5, 0.6) is 0 Å². The Morgan fingerprint density at radius 2 is 2.22 bits per heavy atom. The van der Waals surface area contributed by atoms with Crippen molar-refractivity contribution in [3.63, 3.8) is 0 Å². The minimum Gasteiger partial charge on any atom is -0.376 e. The summed E-state index contributed by atoms with van der Waals surface area (Å²) in [6.07, 6.45) is 1.44. The lowest BCUT2D eigenvalue weighted by molar-refractivity contribution is 0.0928. The third-order valence-corrected chi connectivity index (χ3v) is 1.42. The van der Waals surface area contributed by atoms with Gasteiger partial charge in [0.25, 0.3) is 0 Å². The maximum atomic E-state index is 5.53. The molecule has 0 radical (unpaired) electrons. The second kappa shape index (κ2) is 2.67. The van der Waals surface area contributed by atoms with Crippen LogP contribution in [0.15, 0.2) is 0 Å². The Morgan fingerprint density at radius 1 is 1.67 bits per heavy atom. The summed E-state index contributed by atoms with van der Waals surface area (Å²) < 4.78 is 5.40. The Morgan fingerprint density at radius 3 is 2.56 bits per heavy atom. The quantitative estimate of drug-likeness (QED) is 0.610. The summed E-state index contributed by atoms with van der Waals surface area (Å²) >= 11 is 0. The zero-order chi connectivity index (χ0) is 6.85. The van der Waals surface area contributed by atoms with Crippen LogP contribution in [0, 0.1) is 5.92 Å². The molecule has 0 unspecified atom stereocenters. The largest absolute Gasteiger partial charge is 0.376 e. The van der Waals surface area contributed by atoms with Gasteiger partial charge < -0.3 is 10.5 Å². The average Bonchev–Trinajstić information content (AvgIpc) is 2.42. The van der Waals surface area contributed by atoms with E-state index in [4.69, 9.17) is 10.5 Å². The van der Waals surface area contributed by atoms with Crippen LogP contribution in [-0.4, -0.2) is 18.8 Å². The summed E-state index contributed by atoms with van der Waals surface area (Å²) in [6.45, 7) is 5.15. The van der Waals surface area contributed by atoms with Gasteiger partial charge in [0.1, 0.15) is 0 Å². The van der Waals surface area contributed by atoms with Gasteiger partial charge in [-0.3, -0.25) is 0 Å². The molecule has 0 heterocycles. The lowest BCUT2D eigenvalue weighted by Gasteiger charge is -2.03. The van der Waals surface area contributed by atoms with Gasteiger partial charge in [0, 0.05) is 12.6 Å². The van der Waals surface area contributed by atoms with Crippen molar-refractivity contribution in [1.29, 1.82) is 0 Å². The zero-order valence-corrected chi connectivity index (χ0v) is 6.13. The summed E-state index contributed by atoms with van der Waals surface area (Å²) in [5.41, 5.74) is 5.53. The topological polar surface area (TPSA) is 35.2 Å². The molecule has 9 heavy (non-hydrogen) atoms. The molecule has 0 spiro atoms. The number of ether oxygens (including phenoxy) is 1. The van der Waals surface area contributed by atoms with Gasteiger partial charge in [-0.15, -0.1) is 0 Å². The summed E-state index contributed by atoms with van der Waals surface area (Å²) in [7, 11) is 0. The highest BCUT2D eigenvalue weighted by Crippen LogP contribution is 2.22. The SMILES string of the molecule is CC(C)CO[C@H]1C[C@@H]1N. The second-order valence-corrected chi connectivity index (χ2v) is 3.17. The molecule has 1 aliphatic carbocycles. The molecule has 0 amide bonds. The van der Waals surface area contributed by atoms with Crippen molar-refractivity contribution in [1.82, 2.24) is 0 Å². The average molecular weight is 129 g/mol. The van der Waals surface area contributed by atoms with Crippen molar-refractivity contribution in [3.05, 3.63) is 0 Å². The van der Waals surface area contributed by atoms with E-state index in [1.165, 1.54) is 0 Å². The molecule has 1 rings (SSSR count). The summed E-state index contributed by atoms with van der Waals surface area (Å²) in [5, 5.41) is 0. The highest BCUT2D eigenvalue weighted by atomic mass is 16.5. The highest BCUT2D eigenvalue weighted by Gasteiger charge is 2.34. The van der Waals surface area contributed by atoms with Crippen molar-refractivity contribution in [2.45, 2.75) is 32.4 Å². The maximum Gasteiger partial charge on any atom is 0.0742 e. The molecule has 1 aliphatic rings. The molecule has 2 atom stereocenters. The van der Waals surface area contributed by atoms with Crippen molar-refractivity contribution in [2.75, 3.05) is 6.61 Å². The van der Waals surface area contributed by atoms with Gasteiger partial charge in [-0.25, -0.2) is 0 Å². The van der Waals surface area contributed by atoms with Gasteiger partial charge in [-0.1, -0.05) is 13.8 Å². The van der Waals surface area contributed by atoms with E-state index in [1.807, 2.05) is 0 Å². The van der Waals surface area contributed by atoms with Crippen LogP contribution in [0.3, 0.4) is 0 Å². The van der Waals surface area contributed by atoms with Crippen molar-refractivity contribution >= 4 is 0 Å². The van der Waals surface area contributed by atoms with Crippen LogP contribution in [0.25, 0.3) is 0 Å². The van der Waals surface area contributed by atoms with E-state index in [9.17, 15) is 0 Å². The standard InChI is InChI=1S/C7H15NO/c1-5(2)4-9-7-3-6(7)8/h5-7H,3-4,8H2,1-2H3/t6-,7-/m0/s1. The summed E-state index contributed by atoms with van der Waals surface area (Å²) in [5.74, 6) is 0.637. The third-order valence-electron chi connectivity index (χ3n) is 1.42. The van der Waals surface area contributed by atoms with Crippen LogP contribution in [0.4, 0.5) is 0 Å². The van der Waals surface area contributed by atoms with Gasteiger partial charge in [0.05, 0.1) is 6.10 Å². The van der Waals surface area contributed by atoms with Crippen molar-refractivity contribution in [3.8, 4) is 0 Å². The highest BCUT2D eigenvalue weighted by molar-refractivity contribution is 4.91. The molecule has 2 heteroatoms. The molecule has 0 aromatic rings. The summed E-state index contributed by atoms with van der Waals surface area (Å²) in [6, 6.07) is 0.337.